The number of pyridine rings is 1. The highest BCUT2D eigenvalue weighted by Crippen LogP contribution is 2.39. The number of thioether (sulfide) groups is 1. The topological polar surface area (TPSA) is 63.6 Å². The number of piperazine rings is 1. The molecule has 220 valence electrons. The average molecular weight is 620 g/mol. The van der Waals surface area contributed by atoms with Crippen molar-refractivity contribution < 1.29 is 9.16 Å². The smallest absolute Gasteiger partial charge is 0.261 e. The zero-order chi connectivity index (χ0) is 29.3. The minimum Gasteiger partial charge on any atom is -0.400 e. The summed E-state index contributed by atoms with van der Waals surface area (Å²) in [5, 5.41) is 4.70. The highest BCUT2D eigenvalue weighted by molar-refractivity contribution is 7.98. The second kappa shape index (κ2) is 12.2. The van der Waals surface area contributed by atoms with Crippen LogP contribution in [-0.4, -0.2) is 86.0 Å². The van der Waals surface area contributed by atoms with E-state index >= 15 is 0 Å². The van der Waals surface area contributed by atoms with Crippen LogP contribution in [0.25, 0.3) is 11.0 Å². The standard InChI is InChI=1S/C32H38ClN5O2SSi/c1-32(2,3)42(24-11-7-5-8-12-24,25-13-9-6-10-14-25)40-28-22-39-21-27(28)37-15-17-38(18-16-37)30-26(33)19-23-20-34-31(41-4)36-29(23)35-30/h5-14,19-20,27-28H,15-18,21-22H2,1-4H3. The molecule has 2 fully saturated rings. The number of hydrogen-bond acceptors (Lipinski definition) is 8. The Morgan fingerprint density at radius 3 is 2.17 bits per heavy atom. The maximum absolute atomic E-state index is 7.51. The molecule has 0 N–H and O–H groups in total. The molecule has 2 saturated heterocycles. The average Bonchev–Trinajstić information content (AvgIpc) is 3.48. The summed E-state index contributed by atoms with van der Waals surface area (Å²) in [7, 11) is -2.69. The SMILES string of the molecule is CSc1ncc2cc(Cl)c(N3CCN(C4COCC4O[Si](c4ccccc4)(c4ccccc4)C(C)(C)C)CC3)nc2n1. The van der Waals surface area contributed by atoms with Crippen molar-refractivity contribution in [3.05, 3.63) is 77.9 Å². The van der Waals surface area contributed by atoms with Crippen LogP contribution in [0.2, 0.25) is 10.1 Å². The predicted octanol–water partition coefficient (Wildman–Crippen LogP) is 4.87. The number of anilines is 1. The van der Waals surface area contributed by atoms with E-state index in [9.17, 15) is 0 Å². The molecule has 2 aromatic carbocycles. The van der Waals surface area contributed by atoms with Gasteiger partial charge in [-0.25, -0.2) is 15.0 Å². The van der Waals surface area contributed by atoms with E-state index in [1.807, 2.05) is 12.3 Å². The Kier molecular flexibility index (Phi) is 8.60. The van der Waals surface area contributed by atoms with Gasteiger partial charge in [-0.05, 0) is 27.7 Å². The summed E-state index contributed by atoms with van der Waals surface area (Å²) < 4.78 is 13.7. The Labute approximate surface area is 258 Å². The monoisotopic (exact) mass is 619 g/mol. The minimum atomic E-state index is -2.69. The van der Waals surface area contributed by atoms with Crippen molar-refractivity contribution in [2.45, 2.75) is 43.1 Å². The summed E-state index contributed by atoms with van der Waals surface area (Å²) in [6.45, 7) is 11.7. The largest absolute Gasteiger partial charge is 0.400 e. The first-order chi connectivity index (χ1) is 20.3. The number of nitrogens with zero attached hydrogens (tertiary/aromatic N) is 5. The summed E-state index contributed by atoms with van der Waals surface area (Å²) in [6.07, 6.45) is 3.74. The van der Waals surface area contributed by atoms with Gasteiger partial charge in [-0.3, -0.25) is 4.90 Å². The third-order valence-electron chi connectivity index (χ3n) is 8.49. The van der Waals surface area contributed by atoms with Crippen molar-refractivity contribution in [3.63, 3.8) is 0 Å². The Morgan fingerprint density at radius 1 is 0.929 bits per heavy atom. The van der Waals surface area contributed by atoms with E-state index in [0.717, 1.165) is 37.4 Å². The van der Waals surface area contributed by atoms with Crippen LogP contribution < -0.4 is 15.3 Å². The van der Waals surface area contributed by atoms with Gasteiger partial charge in [0.05, 0.1) is 30.4 Å². The molecule has 42 heavy (non-hydrogen) atoms. The van der Waals surface area contributed by atoms with Crippen LogP contribution in [0.5, 0.6) is 0 Å². The van der Waals surface area contributed by atoms with Crippen molar-refractivity contribution >= 4 is 58.9 Å². The lowest BCUT2D eigenvalue weighted by atomic mass is 10.1. The number of fused-ring (bicyclic) bond motifs is 1. The van der Waals surface area contributed by atoms with Crippen LogP contribution in [0, 0.1) is 0 Å². The van der Waals surface area contributed by atoms with Gasteiger partial charge >= 0.3 is 0 Å². The molecular weight excluding hydrogens is 582 g/mol. The second-order valence-electron chi connectivity index (χ2n) is 12.0. The minimum absolute atomic E-state index is 0.0214. The second-order valence-corrected chi connectivity index (χ2v) is 17.4. The van der Waals surface area contributed by atoms with Gasteiger partial charge in [0.1, 0.15) is 5.82 Å². The highest BCUT2D eigenvalue weighted by Gasteiger charge is 2.53. The fourth-order valence-electron chi connectivity index (χ4n) is 6.39. The summed E-state index contributed by atoms with van der Waals surface area (Å²) in [5.74, 6) is 0.789. The fraction of sp³-hybridized carbons (Fsp3) is 0.406. The molecule has 4 aromatic rings. The van der Waals surface area contributed by atoms with Gasteiger partial charge in [0, 0.05) is 37.8 Å². The molecule has 10 heteroatoms. The third-order valence-corrected chi connectivity index (χ3v) is 14.4. The van der Waals surface area contributed by atoms with Gasteiger partial charge in [0.2, 0.25) is 0 Å². The van der Waals surface area contributed by atoms with Crippen molar-refractivity contribution in [2.75, 3.05) is 50.5 Å². The molecule has 0 saturated carbocycles. The zero-order valence-electron chi connectivity index (χ0n) is 24.7. The molecule has 0 spiro atoms. The molecule has 4 heterocycles. The molecule has 2 aliphatic rings. The first-order valence-corrected chi connectivity index (χ1v) is 18.0. The Morgan fingerprint density at radius 2 is 1.57 bits per heavy atom. The maximum atomic E-state index is 7.51. The van der Waals surface area contributed by atoms with Crippen LogP contribution in [0.3, 0.4) is 0 Å². The summed E-state index contributed by atoms with van der Waals surface area (Å²) in [4.78, 5) is 18.6. The maximum Gasteiger partial charge on any atom is 0.261 e. The van der Waals surface area contributed by atoms with Crippen molar-refractivity contribution in [3.8, 4) is 0 Å². The van der Waals surface area contributed by atoms with Gasteiger partial charge in [-0.15, -0.1) is 0 Å². The summed E-state index contributed by atoms with van der Waals surface area (Å²) in [5.41, 5.74) is 0.680. The number of rotatable bonds is 7. The van der Waals surface area contributed by atoms with Gasteiger partial charge in [0.15, 0.2) is 10.8 Å². The first kappa shape index (κ1) is 29.5. The Balaban J connectivity index is 1.24. The predicted molar refractivity (Wildman–Crippen MR) is 175 cm³/mol. The van der Waals surface area contributed by atoms with E-state index in [2.05, 4.69) is 101 Å². The number of ether oxygens (including phenoxy) is 1. The normalized spacial score (nSPS) is 20.4. The highest BCUT2D eigenvalue weighted by atomic mass is 35.5. The van der Waals surface area contributed by atoms with E-state index in [1.165, 1.54) is 22.1 Å². The van der Waals surface area contributed by atoms with E-state index < -0.39 is 8.32 Å². The van der Waals surface area contributed by atoms with Crippen LogP contribution in [0.1, 0.15) is 20.8 Å². The Hall–Kier alpha value is -2.53. The molecule has 0 bridgehead atoms. The third kappa shape index (κ3) is 5.58. The number of halogens is 1. The van der Waals surface area contributed by atoms with E-state index in [0.29, 0.717) is 29.0 Å². The molecule has 0 radical (unpaired) electrons. The number of benzene rings is 2. The molecule has 0 aliphatic carbocycles. The van der Waals surface area contributed by atoms with Crippen molar-refractivity contribution in [2.24, 2.45) is 0 Å². The summed E-state index contributed by atoms with van der Waals surface area (Å²) in [6, 6.07) is 23.8. The van der Waals surface area contributed by atoms with Crippen LogP contribution in [0.4, 0.5) is 5.82 Å². The molecular formula is C32H38ClN5O2SSi. The first-order valence-electron chi connectivity index (χ1n) is 14.5. The molecule has 2 atom stereocenters. The van der Waals surface area contributed by atoms with Gasteiger partial charge in [0.25, 0.3) is 8.32 Å². The van der Waals surface area contributed by atoms with E-state index in [-0.39, 0.29) is 17.2 Å². The van der Waals surface area contributed by atoms with Crippen LogP contribution in [-0.2, 0) is 9.16 Å². The van der Waals surface area contributed by atoms with E-state index in [1.54, 1.807) is 6.20 Å². The molecule has 2 aliphatic heterocycles. The lowest BCUT2D eigenvalue weighted by Crippen LogP contribution is -2.69. The van der Waals surface area contributed by atoms with Gasteiger partial charge < -0.3 is 14.1 Å². The van der Waals surface area contributed by atoms with Crippen LogP contribution >= 0.6 is 23.4 Å². The van der Waals surface area contributed by atoms with E-state index in [4.69, 9.17) is 25.7 Å². The van der Waals surface area contributed by atoms with Gasteiger partial charge in [-0.2, -0.15) is 0 Å². The number of hydrogen-bond donors (Lipinski definition) is 0. The summed E-state index contributed by atoms with van der Waals surface area (Å²) >= 11 is 8.22. The quantitative estimate of drug-likeness (QED) is 0.165. The number of aromatic nitrogens is 3. The molecule has 7 nitrogen and oxygen atoms in total. The lowest BCUT2D eigenvalue weighted by Gasteiger charge is -2.47. The molecule has 2 aromatic heterocycles. The Bertz CT molecular complexity index is 1480. The van der Waals surface area contributed by atoms with Crippen molar-refractivity contribution in [1.29, 1.82) is 0 Å². The lowest BCUT2D eigenvalue weighted by molar-refractivity contribution is 0.0882. The van der Waals surface area contributed by atoms with Gasteiger partial charge in [-0.1, -0.05) is 105 Å². The molecule has 0 amide bonds. The molecule has 6 rings (SSSR count). The fourth-order valence-corrected chi connectivity index (χ4v) is 11.7. The zero-order valence-corrected chi connectivity index (χ0v) is 27.2. The van der Waals surface area contributed by atoms with Crippen molar-refractivity contribution in [1.82, 2.24) is 19.9 Å². The van der Waals surface area contributed by atoms with Crippen LogP contribution in [0.15, 0.2) is 78.1 Å². The molecule has 2 unspecified atom stereocenters.